The Morgan fingerprint density at radius 1 is 1.29 bits per heavy atom. The normalized spacial score (nSPS) is 17.0. The van der Waals surface area contributed by atoms with Gasteiger partial charge in [0.15, 0.2) is 0 Å². The van der Waals surface area contributed by atoms with Crippen LogP contribution in [0.1, 0.15) is 36.4 Å². The summed E-state index contributed by atoms with van der Waals surface area (Å²) in [6.45, 7) is 5.74. The summed E-state index contributed by atoms with van der Waals surface area (Å²) in [5, 5.41) is 1.86. The zero-order chi connectivity index (χ0) is 17.7. The van der Waals surface area contributed by atoms with Gasteiger partial charge in [-0.2, -0.15) is 0 Å². The Balaban J connectivity index is 2.02. The van der Waals surface area contributed by atoms with Gasteiger partial charge in [-0.1, -0.05) is 6.07 Å². The van der Waals surface area contributed by atoms with Crippen LogP contribution in [0.2, 0.25) is 0 Å². The van der Waals surface area contributed by atoms with E-state index in [1.807, 2.05) is 25.3 Å². The van der Waals surface area contributed by atoms with E-state index in [9.17, 15) is 14.4 Å². The maximum atomic E-state index is 12.7. The Kier molecular flexibility index (Phi) is 6.36. The minimum Gasteiger partial charge on any atom is -0.342 e. The number of hydrogen-bond donors (Lipinski definition) is 0. The van der Waals surface area contributed by atoms with Gasteiger partial charge in [-0.15, -0.1) is 11.3 Å². The summed E-state index contributed by atoms with van der Waals surface area (Å²) < 4.78 is 0. The fourth-order valence-corrected chi connectivity index (χ4v) is 3.70. The Hall–Kier alpha value is -1.89. The van der Waals surface area contributed by atoms with E-state index in [-0.39, 0.29) is 24.3 Å². The smallest absolute Gasteiger partial charge is 0.264 e. The lowest BCUT2D eigenvalue weighted by atomic mass is 10.2. The van der Waals surface area contributed by atoms with Gasteiger partial charge in [0.2, 0.25) is 11.8 Å². The van der Waals surface area contributed by atoms with Crippen molar-refractivity contribution in [1.82, 2.24) is 14.7 Å². The number of thiophene rings is 1. The predicted molar refractivity (Wildman–Crippen MR) is 93.9 cm³/mol. The number of nitrogens with zero attached hydrogens (tertiary/aromatic N) is 3. The molecular weight excluding hydrogens is 326 g/mol. The molecule has 24 heavy (non-hydrogen) atoms. The van der Waals surface area contributed by atoms with E-state index in [0.717, 1.165) is 6.42 Å². The summed E-state index contributed by atoms with van der Waals surface area (Å²) in [6.07, 6.45) is 1.46. The summed E-state index contributed by atoms with van der Waals surface area (Å²) in [7, 11) is 1.63. The molecule has 0 bridgehead atoms. The van der Waals surface area contributed by atoms with Gasteiger partial charge < -0.3 is 14.7 Å². The highest BCUT2D eigenvalue weighted by molar-refractivity contribution is 7.12. The van der Waals surface area contributed by atoms with E-state index < -0.39 is 6.04 Å². The molecule has 6 nitrogen and oxygen atoms in total. The van der Waals surface area contributed by atoms with Crippen molar-refractivity contribution in [2.24, 2.45) is 0 Å². The van der Waals surface area contributed by atoms with Crippen molar-refractivity contribution in [3.05, 3.63) is 22.4 Å². The molecule has 2 heterocycles. The highest BCUT2D eigenvalue weighted by atomic mass is 32.1. The van der Waals surface area contributed by atoms with Crippen LogP contribution in [0.3, 0.4) is 0 Å². The SMILES string of the molecule is CCN(CC)C(=O)CN(C)C(=O)[C@@H]1CCCN1C(=O)c1cccs1. The first-order valence-electron chi connectivity index (χ1n) is 8.36. The molecule has 0 unspecified atom stereocenters. The molecule has 1 aromatic heterocycles. The Morgan fingerprint density at radius 2 is 2.00 bits per heavy atom. The maximum absolute atomic E-state index is 12.7. The molecular formula is C17H25N3O3S. The highest BCUT2D eigenvalue weighted by Crippen LogP contribution is 2.23. The minimum atomic E-state index is -0.464. The Bertz CT molecular complexity index is 584. The number of likely N-dealkylation sites (tertiary alicyclic amines) is 1. The van der Waals surface area contributed by atoms with Crippen LogP contribution >= 0.6 is 11.3 Å². The lowest BCUT2D eigenvalue weighted by Gasteiger charge is -2.29. The maximum Gasteiger partial charge on any atom is 0.264 e. The van der Waals surface area contributed by atoms with Gasteiger partial charge >= 0.3 is 0 Å². The van der Waals surface area contributed by atoms with Gasteiger partial charge in [-0.3, -0.25) is 14.4 Å². The molecule has 2 rings (SSSR count). The molecule has 0 aliphatic carbocycles. The van der Waals surface area contributed by atoms with Crippen LogP contribution < -0.4 is 0 Å². The van der Waals surface area contributed by atoms with Gasteiger partial charge in [0.25, 0.3) is 5.91 Å². The fourth-order valence-electron chi connectivity index (χ4n) is 3.02. The molecule has 1 saturated heterocycles. The lowest BCUT2D eigenvalue weighted by Crippen LogP contribution is -2.49. The van der Waals surface area contributed by atoms with Crippen molar-refractivity contribution in [2.75, 3.05) is 33.2 Å². The van der Waals surface area contributed by atoms with E-state index in [4.69, 9.17) is 0 Å². The second-order valence-electron chi connectivity index (χ2n) is 5.89. The van der Waals surface area contributed by atoms with Crippen LogP contribution in [0, 0.1) is 0 Å². The van der Waals surface area contributed by atoms with E-state index in [1.165, 1.54) is 16.2 Å². The standard InChI is InChI=1S/C17H25N3O3S/c1-4-19(5-2)15(21)12-18(3)16(22)13-8-6-10-20(13)17(23)14-9-7-11-24-14/h7,9,11,13H,4-6,8,10,12H2,1-3H3/t13-/m0/s1. The Morgan fingerprint density at radius 3 is 2.58 bits per heavy atom. The molecule has 1 atom stereocenters. The molecule has 7 heteroatoms. The van der Waals surface area contributed by atoms with Crippen molar-refractivity contribution in [3.8, 4) is 0 Å². The van der Waals surface area contributed by atoms with Crippen LogP contribution in [-0.4, -0.2) is 71.7 Å². The van der Waals surface area contributed by atoms with Gasteiger partial charge in [0.1, 0.15) is 6.04 Å². The molecule has 132 valence electrons. The van der Waals surface area contributed by atoms with Gasteiger partial charge in [-0.25, -0.2) is 0 Å². The van der Waals surface area contributed by atoms with Crippen molar-refractivity contribution >= 4 is 29.1 Å². The molecule has 1 aliphatic heterocycles. The monoisotopic (exact) mass is 351 g/mol. The van der Waals surface area contributed by atoms with Gasteiger partial charge in [-0.05, 0) is 38.1 Å². The lowest BCUT2D eigenvalue weighted by molar-refractivity contribution is -0.141. The number of likely N-dealkylation sites (N-methyl/N-ethyl adjacent to an activating group) is 2. The molecule has 1 fully saturated rings. The van der Waals surface area contributed by atoms with Crippen LogP contribution in [0.4, 0.5) is 0 Å². The topological polar surface area (TPSA) is 60.9 Å². The van der Waals surface area contributed by atoms with E-state index in [2.05, 4.69) is 0 Å². The molecule has 3 amide bonds. The van der Waals surface area contributed by atoms with Crippen LogP contribution in [-0.2, 0) is 9.59 Å². The molecule has 0 N–H and O–H groups in total. The molecule has 0 radical (unpaired) electrons. The minimum absolute atomic E-state index is 0.0536. The largest absolute Gasteiger partial charge is 0.342 e. The third-order valence-electron chi connectivity index (χ3n) is 4.40. The summed E-state index contributed by atoms with van der Waals surface area (Å²) in [6, 6.07) is 3.15. The molecule has 0 aromatic carbocycles. The van der Waals surface area contributed by atoms with Crippen LogP contribution in [0.5, 0.6) is 0 Å². The molecule has 0 saturated carbocycles. The van der Waals surface area contributed by atoms with E-state index in [0.29, 0.717) is 30.9 Å². The number of rotatable bonds is 6. The number of hydrogen-bond acceptors (Lipinski definition) is 4. The first-order chi connectivity index (χ1) is 11.5. The highest BCUT2D eigenvalue weighted by Gasteiger charge is 2.36. The van der Waals surface area contributed by atoms with Crippen molar-refractivity contribution in [2.45, 2.75) is 32.7 Å². The number of amides is 3. The first-order valence-corrected chi connectivity index (χ1v) is 9.24. The summed E-state index contributed by atoms with van der Waals surface area (Å²) >= 11 is 1.38. The molecule has 0 spiro atoms. The van der Waals surface area contributed by atoms with E-state index in [1.54, 1.807) is 22.9 Å². The number of carbonyl (C=O) groups is 3. The average molecular weight is 351 g/mol. The second kappa shape index (κ2) is 8.28. The summed E-state index contributed by atoms with van der Waals surface area (Å²) in [5.74, 6) is -0.313. The molecule has 1 aromatic rings. The summed E-state index contributed by atoms with van der Waals surface area (Å²) in [4.78, 5) is 42.9. The Labute approximate surface area is 147 Å². The van der Waals surface area contributed by atoms with Crippen molar-refractivity contribution < 1.29 is 14.4 Å². The second-order valence-corrected chi connectivity index (χ2v) is 6.84. The van der Waals surface area contributed by atoms with Crippen molar-refractivity contribution in [1.29, 1.82) is 0 Å². The zero-order valence-electron chi connectivity index (χ0n) is 14.5. The average Bonchev–Trinajstić information content (AvgIpc) is 3.26. The van der Waals surface area contributed by atoms with Crippen LogP contribution in [0.25, 0.3) is 0 Å². The quantitative estimate of drug-likeness (QED) is 0.783. The third-order valence-corrected chi connectivity index (χ3v) is 5.25. The molecule has 1 aliphatic rings. The first kappa shape index (κ1) is 18.4. The zero-order valence-corrected chi connectivity index (χ0v) is 15.3. The van der Waals surface area contributed by atoms with Gasteiger partial charge in [0.05, 0.1) is 11.4 Å². The van der Waals surface area contributed by atoms with E-state index >= 15 is 0 Å². The van der Waals surface area contributed by atoms with Crippen LogP contribution in [0.15, 0.2) is 17.5 Å². The fraction of sp³-hybridized carbons (Fsp3) is 0.588. The predicted octanol–water partition coefficient (Wildman–Crippen LogP) is 1.68. The third kappa shape index (κ3) is 3.95. The van der Waals surface area contributed by atoms with Gasteiger partial charge in [0, 0.05) is 26.7 Å². The summed E-state index contributed by atoms with van der Waals surface area (Å²) in [5.41, 5.74) is 0. The van der Waals surface area contributed by atoms with Crippen molar-refractivity contribution in [3.63, 3.8) is 0 Å². The number of carbonyl (C=O) groups excluding carboxylic acids is 3.